The van der Waals surface area contributed by atoms with Crippen LogP contribution in [0.2, 0.25) is 18.1 Å². The Kier molecular flexibility index (Phi) is 4.42. The fourth-order valence-corrected chi connectivity index (χ4v) is 3.17. The van der Waals surface area contributed by atoms with E-state index in [-0.39, 0.29) is 23.4 Å². The highest BCUT2D eigenvalue weighted by Gasteiger charge is 2.47. The molecule has 3 N–H and O–H groups in total. The van der Waals surface area contributed by atoms with Crippen LogP contribution in [0.5, 0.6) is 0 Å². The molecule has 5 heteroatoms. The summed E-state index contributed by atoms with van der Waals surface area (Å²) in [5.74, 6) is 0. The maximum Gasteiger partial charge on any atom is 0.192 e. The first-order chi connectivity index (χ1) is 7.60. The molecule has 1 aliphatic rings. The predicted octanol–water partition coefficient (Wildman–Crippen LogP) is 1.48. The van der Waals surface area contributed by atoms with E-state index in [4.69, 9.17) is 14.9 Å². The van der Waals surface area contributed by atoms with Crippen molar-refractivity contribution in [2.45, 2.75) is 70.2 Å². The number of rotatable bonds is 3. The van der Waals surface area contributed by atoms with E-state index in [0.717, 1.165) is 0 Å². The van der Waals surface area contributed by atoms with Crippen molar-refractivity contribution in [2.24, 2.45) is 5.73 Å². The van der Waals surface area contributed by atoms with Crippen molar-refractivity contribution in [3.8, 4) is 0 Å². The Labute approximate surface area is 106 Å². The number of aliphatic hydroxyl groups excluding tert-OH is 1. The maximum absolute atomic E-state index is 10.1. The Hall–Kier alpha value is 0.0569. The molecule has 0 aromatic carbocycles. The molecule has 0 radical (unpaired) electrons. The molecular formula is C12H27NO3Si. The fourth-order valence-electron chi connectivity index (χ4n) is 1.80. The summed E-state index contributed by atoms with van der Waals surface area (Å²) in [5, 5.41) is 10.3. The van der Waals surface area contributed by atoms with Crippen LogP contribution in [0.1, 0.15) is 27.7 Å². The quantitative estimate of drug-likeness (QED) is 0.755. The van der Waals surface area contributed by atoms with Gasteiger partial charge in [-0.1, -0.05) is 20.8 Å². The van der Waals surface area contributed by atoms with Gasteiger partial charge in [0.15, 0.2) is 8.32 Å². The summed E-state index contributed by atoms with van der Waals surface area (Å²) in [4.78, 5) is 0. The number of aliphatic hydroxyl groups is 1. The third-order valence-electron chi connectivity index (χ3n) is 4.04. The normalized spacial score (nSPS) is 35.3. The first kappa shape index (κ1) is 15.1. The van der Waals surface area contributed by atoms with Gasteiger partial charge in [0.1, 0.15) is 6.10 Å². The SMILES string of the molecule is C[C@@H]1O[C@H](CN)[C@H](O)C1O[Si](C)(C)C(C)(C)C. The minimum atomic E-state index is -1.88. The Morgan fingerprint density at radius 2 is 1.88 bits per heavy atom. The average Bonchev–Trinajstić information content (AvgIpc) is 2.43. The lowest BCUT2D eigenvalue weighted by molar-refractivity contribution is 0.0223. The van der Waals surface area contributed by atoms with Gasteiger partial charge in [-0.15, -0.1) is 0 Å². The Morgan fingerprint density at radius 1 is 1.35 bits per heavy atom. The van der Waals surface area contributed by atoms with Gasteiger partial charge in [0.2, 0.25) is 0 Å². The first-order valence-corrected chi connectivity index (χ1v) is 9.22. The van der Waals surface area contributed by atoms with Gasteiger partial charge in [0.25, 0.3) is 0 Å². The monoisotopic (exact) mass is 261 g/mol. The molecule has 1 aliphatic heterocycles. The molecule has 4 nitrogen and oxygen atoms in total. The zero-order valence-corrected chi connectivity index (χ0v) is 12.9. The Bertz CT molecular complexity index is 265. The lowest BCUT2D eigenvalue weighted by Crippen LogP contribution is -2.49. The van der Waals surface area contributed by atoms with E-state index in [0.29, 0.717) is 6.54 Å². The van der Waals surface area contributed by atoms with Crippen LogP contribution in [0, 0.1) is 0 Å². The molecule has 0 aromatic rings. The van der Waals surface area contributed by atoms with Crippen molar-refractivity contribution in [3.63, 3.8) is 0 Å². The average molecular weight is 261 g/mol. The zero-order valence-electron chi connectivity index (χ0n) is 11.9. The van der Waals surface area contributed by atoms with E-state index in [1.807, 2.05) is 6.92 Å². The predicted molar refractivity (Wildman–Crippen MR) is 71.5 cm³/mol. The standard InChI is InChI=1S/C12H27NO3Si/c1-8-11(10(14)9(7-13)15-8)16-17(5,6)12(2,3)4/h8-11,14H,7,13H2,1-6H3/t8-,9+,10-,11?/m0/s1. The Morgan fingerprint density at radius 3 is 2.24 bits per heavy atom. The molecule has 1 saturated heterocycles. The zero-order chi connectivity index (χ0) is 13.4. The van der Waals surface area contributed by atoms with Gasteiger partial charge in [0.05, 0.1) is 18.3 Å². The number of nitrogens with two attached hydrogens (primary N) is 1. The largest absolute Gasteiger partial charge is 0.409 e. The molecule has 0 spiro atoms. The van der Waals surface area contributed by atoms with E-state index < -0.39 is 14.4 Å². The molecule has 4 atom stereocenters. The van der Waals surface area contributed by atoms with Gasteiger partial charge in [-0.2, -0.15) is 0 Å². The van der Waals surface area contributed by atoms with E-state index in [1.54, 1.807) is 0 Å². The minimum Gasteiger partial charge on any atom is -0.409 e. The number of ether oxygens (including phenoxy) is 1. The molecule has 1 fully saturated rings. The summed E-state index contributed by atoms with van der Waals surface area (Å²) in [6.07, 6.45) is -1.24. The lowest BCUT2D eigenvalue weighted by Gasteiger charge is -2.39. The highest BCUT2D eigenvalue weighted by molar-refractivity contribution is 6.74. The molecule has 1 heterocycles. The highest BCUT2D eigenvalue weighted by atomic mass is 28.4. The van der Waals surface area contributed by atoms with Crippen LogP contribution in [0.3, 0.4) is 0 Å². The summed E-state index contributed by atoms with van der Waals surface area (Å²) < 4.78 is 11.8. The van der Waals surface area contributed by atoms with Crippen LogP contribution in [-0.4, -0.2) is 44.4 Å². The maximum atomic E-state index is 10.1. The van der Waals surface area contributed by atoms with Gasteiger partial charge < -0.3 is 20.0 Å². The smallest absolute Gasteiger partial charge is 0.192 e. The molecule has 0 aromatic heterocycles. The van der Waals surface area contributed by atoms with Crippen LogP contribution in [0.4, 0.5) is 0 Å². The molecule has 0 saturated carbocycles. The van der Waals surface area contributed by atoms with E-state index in [2.05, 4.69) is 33.9 Å². The topological polar surface area (TPSA) is 64.7 Å². The Balaban J connectivity index is 2.75. The molecule has 0 aliphatic carbocycles. The van der Waals surface area contributed by atoms with E-state index >= 15 is 0 Å². The number of hydrogen-bond donors (Lipinski definition) is 2. The molecule has 102 valence electrons. The summed E-state index contributed by atoms with van der Waals surface area (Å²) in [7, 11) is -1.88. The first-order valence-electron chi connectivity index (χ1n) is 6.31. The lowest BCUT2D eigenvalue weighted by atomic mass is 10.1. The van der Waals surface area contributed by atoms with Crippen LogP contribution in [0.15, 0.2) is 0 Å². The molecule has 0 bridgehead atoms. The molecule has 1 rings (SSSR count). The molecule has 1 unspecified atom stereocenters. The third-order valence-corrected chi connectivity index (χ3v) is 8.51. The third kappa shape index (κ3) is 3.09. The second-order valence-corrected chi connectivity index (χ2v) is 11.2. The minimum absolute atomic E-state index is 0.0901. The molecular weight excluding hydrogens is 234 g/mol. The van der Waals surface area contributed by atoms with Gasteiger partial charge in [-0.05, 0) is 25.1 Å². The summed E-state index contributed by atoms with van der Waals surface area (Å²) in [5.41, 5.74) is 5.57. The van der Waals surface area contributed by atoms with Crippen molar-refractivity contribution < 1.29 is 14.3 Å². The second-order valence-electron chi connectivity index (χ2n) is 6.45. The van der Waals surface area contributed by atoms with Crippen LogP contribution in [0.25, 0.3) is 0 Å². The van der Waals surface area contributed by atoms with E-state index in [9.17, 15) is 5.11 Å². The van der Waals surface area contributed by atoms with Gasteiger partial charge in [0, 0.05) is 6.54 Å². The van der Waals surface area contributed by atoms with Gasteiger partial charge in [-0.3, -0.25) is 0 Å². The second kappa shape index (κ2) is 4.97. The van der Waals surface area contributed by atoms with Crippen LogP contribution >= 0.6 is 0 Å². The van der Waals surface area contributed by atoms with Crippen molar-refractivity contribution in [3.05, 3.63) is 0 Å². The summed E-state index contributed by atoms with van der Waals surface area (Å²) in [6, 6.07) is 0. The highest BCUT2D eigenvalue weighted by Crippen LogP contribution is 2.39. The van der Waals surface area contributed by atoms with Crippen LogP contribution < -0.4 is 5.73 Å². The van der Waals surface area contributed by atoms with Gasteiger partial charge in [-0.25, -0.2) is 0 Å². The van der Waals surface area contributed by atoms with Gasteiger partial charge >= 0.3 is 0 Å². The van der Waals surface area contributed by atoms with Crippen molar-refractivity contribution in [1.82, 2.24) is 0 Å². The van der Waals surface area contributed by atoms with E-state index in [1.165, 1.54) is 0 Å². The molecule has 17 heavy (non-hydrogen) atoms. The van der Waals surface area contributed by atoms with Crippen molar-refractivity contribution in [2.75, 3.05) is 6.54 Å². The van der Waals surface area contributed by atoms with Crippen LogP contribution in [-0.2, 0) is 9.16 Å². The fraction of sp³-hybridized carbons (Fsp3) is 1.00. The summed E-state index contributed by atoms with van der Waals surface area (Å²) >= 11 is 0. The summed E-state index contributed by atoms with van der Waals surface area (Å²) in [6.45, 7) is 13.2. The van der Waals surface area contributed by atoms with Crippen molar-refractivity contribution in [1.29, 1.82) is 0 Å². The molecule has 0 amide bonds. The number of hydrogen-bond acceptors (Lipinski definition) is 4. The van der Waals surface area contributed by atoms with Crippen molar-refractivity contribution >= 4 is 8.32 Å².